The zero-order valence-electron chi connectivity index (χ0n) is 52.5. The summed E-state index contributed by atoms with van der Waals surface area (Å²) in [5.41, 5.74) is 37.7. The van der Waals surface area contributed by atoms with E-state index in [1.807, 2.05) is 31.2 Å². The summed E-state index contributed by atoms with van der Waals surface area (Å²) in [5.74, 6) is -7.58. The van der Waals surface area contributed by atoms with Gasteiger partial charge in [-0.3, -0.25) is 48.1 Å². The summed E-state index contributed by atoms with van der Waals surface area (Å²) >= 11 is 0. The second-order valence-electron chi connectivity index (χ2n) is 23.2. The topological polar surface area (TPSA) is 463 Å². The Morgan fingerprint density at radius 3 is 1.47 bits per heavy atom. The van der Waals surface area contributed by atoms with Crippen molar-refractivity contribution in [1.29, 1.82) is 0 Å². The van der Waals surface area contributed by atoms with Gasteiger partial charge in [-0.15, -0.1) is 0 Å². The first-order valence-electron chi connectivity index (χ1n) is 31.2. The molecule has 10 atom stereocenters. The number of hydrogen-bond donors (Lipinski definition) is 16. The summed E-state index contributed by atoms with van der Waals surface area (Å²) in [6, 6.07) is 14.0. The molecule has 22 N–H and O–H groups in total. The number of benzene rings is 3. The molecule has 9 amide bonds. The lowest BCUT2D eigenvalue weighted by molar-refractivity contribution is -0.136. The number of H-pyrrole nitrogens is 2. The molecule has 0 saturated heterocycles. The van der Waals surface area contributed by atoms with Crippen molar-refractivity contribution in [2.24, 2.45) is 51.2 Å². The standard InChI is InChI=1S/C64H94N18O9/c1-5-39(4)54(82-62(90)50(32-41-21-10-7-11-22-41)78-60(88)51(33-42-35-73-46-25-13-12-23-44(42)46)77-56(84)45(67)24-18-30-72-64(69)70)63(91)80-49(31-40-19-8-6-9-20-40)59(87)79-52(34-43-36-71-37-74-43)61(89)76-47(26-14-16-28-65)57(85)75-48(27-15-17-29-66)58(86)81-53(38(2)3)55(68)83/h6-13,19-23,25,35-39,45,47-54,73H,5,14-18,24,26-34,65-67H2,1-4H3,(H2,68,83)(H,71,74)(H,75,85)(H,76,89)(H,77,84)(H,78,88)(H,79,87)(H,80,91)(H,81,86)(H,82,90)(H4,69,70,72)/t39-,45-,47-,48-,49+,50+,51+,52-,53-,54-/m0/s1. The molecule has 0 saturated carbocycles. The SMILES string of the molecule is CC[C@H](C)[C@H](NC(=O)[C@@H](Cc1ccccc1)NC(=O)[C@@H](Cc1c[nH]c2ccccc12)NC(=O)[C@@H](N)CCCN=C(N)N)C(=O)N[C@H](Cc1ccccc1)C(=O)N[C@@H](Cc1cnc[nH]1)C(=O)N[C@@H](CCCCN)C(=O)N[C@@H](CCCCN)C(=O)N[C@H](C(N)=O)C(C)C. The molecule has 0 unspecified atom stereocenters. The second-order valence-corrected chi connectivity index (χ2v) is 23.2. The average molecular weight is 1260 g/mol. The Labute approximate surface area is 531 Å². The van der Waals surface area contributed by atoms with Crippen molar-refractivity contribution in [3.63, 3.8) is 0 Å². The quantitative estimate of drug-likeness (QED) is 0.0138. The number of aromatic amines is 2. The number of imidazole rings is 1. The average Bonchev–Trinajstić information content (AvgIpc) is 1.96. The van der Waals surface area contributed by atoms with Crippen molar-refractivity contribution in [1.82, 2.24) is 57.5 Å². The van der Waals surface area contributed by atoms with Crippen LogP contribution >= 0.6 is 0 Å². The number of rotatable bonds is 40. The maximum Gasteiger partial charge on any atom is 0.243 e. The monoisotopic (exact) mass is 1260 g/mol. The maximum absolute atomic E-state index is 15.0. The molecule has 2 heterocycles. The number of guanidine groups is 1. The number of aliphatic imine (C=N–C) groups is 1. The van der Waals surface area contributed by atoms with Crippen LogP contribution < -0.4 is 76.9 Å². The highest BCUT2D eigenvalue weighted by Gasteiger charge is 2.37. The van der Waals surface area contributed by atoms with E-state index in [1.165, 1.54) is 12.5 Å². The van der Waals surface area contributed by atoms with Crippen LogP contribution in [0.15, 0.2) is 109 Å². The van der Waals surface area contributed by atoms with Crippen LogP contribution in [0.3, 0.4) is 0 Å². The molecule has 0 spiro atoms. The van der Waals surface area contributed by atoms with Crippen molar-refractivity contribution in [3.8, 4) is 0 Å². The lowest BCUT2D eigenvalue weighted by Gasteiger charge is -2.30. The van der Waals surface area contributed by atoms with Gasteiger partial charge < -0.3 is 86.9 Å². The minimum atomic E-state index is -1.40. The van der Waals surface area contributed by atoms with E-state index < -0.39 is 113 Å². The number of nitrogens with two attached hydrogens (primary N) is 6. The van der Waals surface area contributed by atoms with E-state index in [0.717, 1.165) is 10.9 Å². The number of hydrogen-bond acceptors (Lipinski definition) is 14. The Balaban J connectivity index is 1.44. The number of carbonyl (C=O) groups excluding carboxylic acids is 9. The van der Waals surface area contributed by atoms with Gasteiger partial charge in [0.15, 0.2) is 5.96 Å². The first-order valence-corrected chi connectivity index (χ1v) is 31.2. The van der Waals surface area contributed by atoms with Gasteiger partial charge in [0.05, 0.1) is 12.4 Å². The van der Waals surface area contributed by atoms with Crippen molar-refractivity contribution in [2.45, 2.75) is 166 Å². The molecular formula is C64H94N18O9. The summed E-state index contributed by atoms with van der Waals surface area (Å²) < 4.78 is 0. The number of nitrogens with zero attached hydrogens (tertiary/aromatic N) is 2. The van der Waals surface area contributed by atoms with Gasteiger partial charge in [-0.25, -0.2) is 4.98 Å². The van der Waals surface area contributed by atoms with Crippen LogP contribution in [0.25, 0.3) is 10.9 Å². The summed E-state index contributed by atoms with van der Waals surface area (Å²) in [4.78, 5) is 143. The zero-order chi connectivity index (χ0) is 66.4. The molecule has 91 heavy (non-hydrogen) atoms. The molecule has 0 aliphatic heterocycles. The first-order chi connectivity index (χ1) is 43.6. The first kappa shape index (κ1) is 72.5. The van der Waals surface area contributed by atoms with E-state index in [4.69, 9.17) is 34.4 Å². The molecule has 0 radical (unpaired) electrons. The van der Waals surface area contributed by atoms with E-state index >= 15 is 0 Å². The van der Waals surface area contributed by atoms with Gasteiger partial charge in [-0.1, -0.05) is 113 Å². The summed E-state index contributed by atoms with van der Waals surface area (Å²) in [5, 5.41) is 23.3. The van der Waals surface area contributed by atoms with Crippen LogP contribution in [0, 0.1) is 11.8 Å². The fourth-order valence-electron chi connectivity index (χ4n) is 10.3. The van der Waals surface area contributed by atoms with Crippen molar-refractivity contribution >= 4 is 70.0 Å². The molecule has 5 rings (SSSR count). The Morgan fingerprint density at radius 1 is 0.505 bits per heavy atom. The molecule has 27 nitrogen and oxygen atoms in total. The largest absolute Gasteiger partial charge is 0.370 e. The summed E-state index contributed by atoms with van der Waals surface area (Å²) in [6.45, 7) is 7.83. The minimum Gasteiger partial charge on any atom is -0.370 e. The third-order valence-corrected chi connectivity index (χ3v) is 15.7. The van der Waals surface area contributed by atoms with Crippen molar-refractivity contribution in [2.75, 3.05) is 19.6 Å². The number of amides is 9. The predicted octanol–water partition coefficient (Wildman–Crippen LogP) is -0.134. The number of aromatic nitrogens is 3. The van der Waals surface area contributed by atoms with Gasteiger partial charge in [0.1, 0.15) is 48.3 Å². The van der Waals surface area contributed by atoms with Gasteiger partial charge in [0, 0.05) is 61.2 Å². The molecule has 5 aromatic rings. The maximum atomic E-state index is 15.0. The van der Waals surface area contributed by atoms with Crippen LogP contribution in [0.1, 0.15) is 108 Å². The number of carbonyl (C=O) groups is 9. The number of fused-ring (bicyclic) bond motifs is 1. The lowest BCUT2D eigenvalue weighted by atomic mass is 9.96. The third kappa shape index (κ3) is 23.9. The zero-order valence-corrected chi connectivity index (χ0v) is 52.5. The van der Waals surface area contributed by atoms with Crippen molar-refractivity contribution < 1.29 is 43.2 Å². The highest BCUT2D eigenvalue weighted by molar-refractivity contribution is 5.99. The van der Waals surface area contributed by atoms with E-state index in [0.29, 0.717) is 67.5 Å². The highest BCUT2D eigenvalue weighted by Crippen LogP contribution is 2.21. The van der Waals surface area contributed by atoms with Gasteiger partial charge >= 0.3 is 0 Å². The number of primary amides is 1. The van der Waals surface area contributed by atoms with Crippen LogP contribution in [-0.2, 0) is 68.8 Å². The predicted molar refractivity (Wildman–Crippen MR) is 347 cm³/mol. The summed E-state index contributed by atoms with van der Waals surface area (Å²) in [6.07, 6.45) is 7.32. The van der Waals surface area contributed by atoms with Gasteiger partial charge in [0.25, 0.3) is 0 Å². The molecule has 494 valence electrons. The Morgan fingerprint density at radius 2 is 0.967 bits per heavy atom. The fraction of sp³-hybridized carbons (Fsp3) is 0.484. The third-order valence-electron chi connectivity index (χ3n) is 15.7. The second kappa shape index (κ2) is 37.7. The van der Waals surface area contributed by atoms with E-state index in [1.54, 1.807) is 87.6 Å². The molecule has 3 aromatic carbocycles. The molecular weight excluding hydrogens is 1160 g/mol. The van der Waals surface area contributed by atoms with E-state index in [9.17, 15) is 43.2 Å². The Kier molecular flexibility index (Phi) is 30.1. The number of nitrogens with one attached hydrogen (secondary N) is 10. The molecule has 0 fully saturated rings. The highest BCUT2D eigenvalue weighted by atomic mass is 16.2. The van der Waals surface area contributed by atoms with Gasteiger partial charge in [0.2, 0.25) is 53.2 Å². The Hall–Kier alpha value is -9.21. The van der Waals surface area contributed by atoms with Crippen LogP contribution in [0.4, 0.5) is 0 Å². The van der Waals surface area contributed by atoms with Crippen LogP contribution in [0.5, 0.6) is 0 Å². The van der Waals surface area contributed by atoms with Crippen LogP contribution in [0.2, 0.25) is 0 Å². The smallest absolute Gasteiger partial charge is 0.243 e. The van der Waals surface area contributed by atoms with Gasteiger partial charge in [-0.05, 0) is 99.0 Å². The minimum absolute atomic E-state index is 0.00383. The summed E-state index contributed by atoms with van der Waals surface area (Å²) in [7, 11) is 0. The van der Waals surface area contributed by atoms with Crippen molar-refractivity contribution in [3.05, 3.63) is 126 Å². The van der Waals surface area contributed by atoms with E-state index in [-0.39, 0.29) is 69.9 Å². The number of unbranched alkanes of at least 4 members (excludes halogenated alkanes) is 2. The lowest BCUT2D eigenvalue weighted by Crippen LogP contribution is -2.62. The molecule has 27 heteroatoms. The van der Waals surface area contributed by atoms with E-state index in [2.05, 4.69) is 62.5 Å². The normalized spacial score (nSPS) is 14.5. The van der Waals surface area contributed by atoms with Gasteiger partial charge in [-0.2, -0.15) is 0 Å². The Bertz CT molecular complexity index is 3160. The number of para-hydroxylation sites is 1. The molecule has 0 aliphatic rings. The van der Waals surface area contributed by atoms with Crippen LogP contribution in [-0.4, -0.2) is 148 Å². The molecule has 0 bridgehead atoms. The fourth-order valence-corrected chi connectivity index (χ4v) is 10.3. The molecule has 2 aromatic heterocycles. The molecule has 0 aliphatic carbocycles.